The van der Waals surface area contributed by atoms with Gasteiger partial charge in [-0.2, -0.15) is 0 Å². The quantitative estimate of drug-likeness (QED) is 0.760. The predicted molar refractivity (Wildman–Crippen MR) is 59.9 cm³/mol. The summed E-state index contributed by atoms with van der Waals surface area (Å²) in [5, 5.41) is 9.45. The van der Waals surface area contributed by atoms with Gasteiger partial charge >= 0.3 is 0 Å². The average Bonchev–Trinajstić information content (AvgIpc) is 2.90. The molecule has 2 fully saturated rings. The maximum atomic E-state index is 9.45. The molecule has 1 heterocycles. The third-order valence-corrected chi connectivity index (χ3v) is 3.71. The van der Waals surface area contributed by atoms with Gasteiger partial charge in [0.25, 0.3) is 0 Å². The zero-order valence-electron chi connectivity index (χ0n) is 8.63. The van der Waals surface area contributed by atoms with Crippen LogP contribution in [0, 0.1) is 11.8 Å². The van der Waals surface area contributed by atoms with Crippen LogP contribution < -0.4 is 10.6 Å². The molecule has 1 saturated heterocycles. The molecule has 1 aromatic carbocycles. The minimum atomic E-state index is 0.337. The zero-order chi connectivity index (χ0) is 10.4. The number of hydrogen-bond acceptors (Lipinski definition) is 3. The van der Waals surface area contributed by atoms with Crippen LogP contribution in [0.1, 0.15) is 6.42 Å². The van der Waals surface area contributed by atoms with Crippen molar-refractivity contribution >= 4 is 5.69 Å². The van der Waals surface area contributed by atoms with E-state index in [1.807, 2.05) is 18.2 Å². The van der Waals surface area contributed by atoms with E-state index < -0.39 is 0 Å². The standard InChI is InChI=1S/C12H16N2O/c13-6-12-11-4-8(11)7-14(12)9-2-1-3-10(15)5-9/h1-3,5,8,11-12,15H,4,6-7,13H2. The number of anilines is 1. The number of nitrogens with zero attached hydrogens (tertiary/aromatic N) is 1. The lowest BCUT2D eigenvalue weighted by Gasteiger charge is -2.28. The third-order valence-electron chi connectivity index (χ3n) is 3.71. The van der Waals surface area contributed by atoms with Crippen molar-refractivity contribution in [2.24, 2.45) is 17.6 Å². The Morgan fingerprint density at radius 1 is 1.47 bits per heavy atom. The smallest absolute Gasteiger partial charge is 0.117 e. The highest BCUT2D eigenvalue weighted by Crippen LogP contribution is 2.50. The van der Waals surface area contributed by atoms with E-state index in [0.717, 1.165) is 30.6 Å². The fraction of sp³-hybridized carbons (Fsp3) is 0.500. The Labute approximate surface area is 89.5 Å². The van der Waals surface area contributed by atoms with Crippen molar-refractivity contribution in [1.82, 2.24) is 0 Å². The summed E-state index contributed by atoms with van der Waals surface area (Å²) in [7, 11) is 0. The third kappa shape index (κ3) is 1.38. The van der Waals surface area contributed by atoms with E-state index in [-0.39, 0.29) is 0 Å². The van der Waals surface area contributed by atoms with Crippen LogP contribution in [0.5, 0.6) is 5.75 Å². The maximum absolute atomic E-state index is 9.45. The van der Waals surface area contributed by atoms with Crippen LogP contribution in [-0.4, -0.2) is 24.2 Å². The molecule has 80 valence electrons. The summed E-state index contributed by atoms with van der Waals surface area (Å²) < 4.78 is 0. The summed E-state index contributed by atoms with van der Waals surface area (Å²) in [5.41, 5.74) is 6.92. The minimum Gasteiger partial charge on any atom is -0.508 e. The van der Waals surface area contributed by atoms with Crippen LogP contribution in [-0.2, 0) is 0 Å². The maximum Gasteiger partial charge on any atom is 0.117 e. The van der Waals surface area contributed by atoms with Crippen molar-refractivity contribution < 1.29 is 5.11 Å². The number of phenolic OH excluding ortho intramolecular Hbond substituents is 1. The van der Waals surface area contributed by atoms with Gasteiger partial charge < -0.3 is 15.7 Å². The van der Waals surface area contributed by atoms with Gasteiger partial charge in [-0.1, -0.05) is 6.07 Å². The van der Waals surface area contributed by atoms with E-state index in [9.17, 15) is 5.11 Å². The summed E-state index contributed by atoms with van der Waals surface area (Å²) in [6.45, 7) is 1.83. The molecule has 0 radical (unpaired) electrons. The van der Waals surface area contributed by atoms with E-state index in [2.05, 4.69) is 4.90 Å². The van der Waals surface area contributed by atoms with Crippen LogP contribution in [0.4, 0.5) is 5.69 Å². The van der Waals surface area contributed by atoms with Crippen molar-refractivity contribution in [3.63, 3.8) is 0 Å². The Hall–Kier alpha value is -1.22. The molecule has 1 aromatic rings. The molecule has 1 saturated carbocycles. The van der Waals surface area contributed by atoms with Gasteiger partial charge in [0.1, 0.15) is 5.75 Å². The molecule has 3 heteroatoms. The normalized spacial score (nSPS) is 32.9. The molecule has 3 nitrogen and oxygen atoms in total. The molecule has 3 unspecified atom stereocenters. The first-order valence-corrected chi connectivity index (χ1v) is 5.55. The van der Waals surface area contributed by atoms with Crippen molar-refractivity contribution in [1.29, 1.82) is 0 Å². The molecule has 0 spiro atoms. The van der Waals surface area contributed by atoms with Crippen molar-refractivity contribution in [2.75, 3.05) is 18.0 Å². The van der Waals surface area contributed by atoms with E-state index >= 15 is 0 Å². The Bertz CT molecular complexity index is 380. The van der Waals surface area contributed by atoms with Gasteiger partial charge in [0, 0.05) is 30.9 Å². The summed E-state index contributed by atoms with van der Waals surface area (Å²) in [4.78, 5) is 2.35. The summed E-state index contributed by atoms with van der Waals surface area (Å²) in [6, 6.07) is 7.96. The summed E-state index contributed by atoms with van der Waals surface area (Å²) in [6.07, 6.45) is 1.34. The number of fused-ring (bicyclic) bond motifs is 1. The highest BCUT2D eigenvalue weighted by molar-refractivity contribution is 5.53. The Balaban J connectivity index is 1.88. The molecule has 3 rings (SSSR count). The van der Waals surface area contributed by atoms with Gasteiger partial charge in [0.05, 0.1) is 0 Å². The lowest BCUT2D eigenvalue weighted by Crippen LogP contribution is -2.38. The number of benzene rings is 1. The Morgan fingerprint density at radius 2 is 2.33 bits per heavy atom. The molecule has 0 amide bonds. The van der Waals surface area contributed by atoms with Gasteiger partial charge in [-0.15, -0.1) is 0 Å². The molecular weight excluding hydrogens is 188 g/mol. The van der Waals surface area contributed by atoms with Crippen LogP contribution in [0.15, 0.2) is 24.3 Å². The zero-order valence-corrected chi connectivity index (χ0v) is 8.63. The number of phenols is 1. The van der Waals surface area contributed by atoms with Crippen molar-refractivity contribution in [3.8, 4) is 5.75 Å². The van der Waals surface area contributed by atoms with Gasteiger partial charge in [-0.25, -0.2) is 0 Å². The van der Waals surface area contributed by atoms with Crippen LogP contribution >= 0.6 is 0 Å². The lowest BCUT2D eigenvalue weighted by atomic mass is 10.1. The first-order chi connectivity index (χ1) is 7.29. The van der Waals surface area contributed by atoms with Crippen LogP contribution in [0.3, 0.4) is 0 Å². The second kappa shape index (κ2) is 3.14. The molecule has 3 N–H and O–H groups in total. The Morgan fingerprint density at radius 3 is 3.07 bits per heavy atom. The highest BCUT2D eigenvalue weighted by atomic mass is 16.3. The highest BCUT2D eigenvalue weighted by Gasteiger charge is 2.51. The molecule has 1 aliphatic carbocycles. The fourth-order valence-electron chi connectivity index (χ4n) is 2.84. The molecule has 1 aliphatic heterocycles. The number of aromatic hydroxyl groups is 1. The number of rotatable bonds is 2. The SMILES string of the molecule is NCC1C2CC2CN1c1cccc(O)c1. The van der Waals surface area contributed by atoms with E-state index in [1.54, 1.807) is 6.07 Å². The largest absolute Gasteiger partial charge is 0.508 e. The lowest BCUT2D eigenvalue weighted by molar-refractivity contribution is 0.475. The van der Waals surface area contributed by atoms with E-state index in [1.165, 1.54) is 6.42 Å². The van der Waals surface area contributed by atoms with E-state index in [4.69, 9.17) is 5.73 Å². The van der Waals surface area contributed by atoms with E-state index in [0.29, 0.717) is 11.8 Å². The average molecular weight is 204 g/mol. The van der Waals surface area contributed by atoms with Crippen molar-refractivity contribution in [2.45, 2.75) is 12.5 Å². The molecule has 3 atom stereocenters. The molecule has 15 heavy (non-hydrogen) atoms. The van der Waals surface area contributed by atoms with Gasteiger partial charge in [-0.05, 0) is 30.4 Å². The summed E-state index contributed by atoms with van der Waals surface area (Å²) >= 11 is 0. The van der Waals surface area contributed by atoms with Gasteiger partial charge in [0.15, 0.2) is 0 Å². The number of nitrogens with two attached hydrogens (primary N) is 1. The first kappa shape index (κ1) is 9.04. The molecular formula is C12H16N2O. The molecule has 0 bridgehead atoms. The van der Waals surface area contributed by atoms with Gasteiger partial charge in [-0.3, -0.25) is 0 Å². The monoisotopic (exact) mass is 204 g/mol. The topological polar surface area (TPSA) is 49.5 Å². The second-order valence-corrected chi connectivity index (χ2v) is 4.63. The Kier molecular flexibility index (Phi) is 1.89. The minimum absolute atomic E-state index is 0.337. The van der Waals surface area contributed by atoms with Crippen molar-refractivity contribution in [3.05, 3.63) is 24.3 Å². The summed E-state index contributed by atoms with van der Waals surface area (Å²) in [5.74, 6) is 1.99. The van der Waals surface area contributed by atoms with Crippen LogP contribution in [0.2, 0.25) is 0 Å². The number of piperidine rings is 1. The van der Waals surface area contributed by atoms with Crippen LogP contribution in [0.25, 0.3) is 0 Å². The fourth-order valence-corrected chi connectivity index (χ4v) is 2.84. The molecule has 2 aliphatic rings. The second-order valence-electron chi connectivity index (χ2n) is 4.63. The first-order valence-electron chi connectivity index (χ1n) is 5.55. The predicted octanol–water partition coefficient (Wildman–Crippen LogP) is 1.18. The van der Waals surface area contributed by atoms with Gasteiger partial charge in [0.2, 0.25) is 0 Å². The number of hydrogen-bond donors (Lipinski definition) is 2. The molecule has 0 aromatic heterocycles.